The van der Waals surface area contributed by atoms with Crippen molar-refractivity contribution in [3.63, 3.8) is 0 Å². The fourth-order valence-electron chi connectivity index (χ4n) is 1.90. The van der Waals surface area contributed by atoms with Crippen LogP contribution in [-0.4, -0.2) is 16.8 Å². The predicted octanol–water partition coefficient (Wildman–Crippen LogP) is 1.75. The average Bonchev–Trinajstić information content (AvgIpc) is 2.40. The Hall–Kier alpha value is -1.90. The van der Waals surface area contributed by atoms with Gasteiger partial charge in [0.1, 0.15) is 0 Å². The molecule has 0 aliphatic rings. The number of nitrogens with two attached hydrogens (primary N) is 1. The first kappa shape index (κ1) is 16.5. The molecule has 2 aromatic carbocycles. The van der Waals surface area contributed by atoms with E-state index in [1.807, 2.05) is 6.92 Å². The van der Waals surface area contributed by atoms with Crippen LogP contribution < -0.4 is 9.86 Å². The summed E-state index contributed by atoms with van der Waals surface area (Å²) in [7, 11) is -7.71. The molecule has 3 N–H and O–H groups in total. The zero-order valence-electron chi connectivity index (χ0n) is 12.1. The Kier molecular flexibility index (Phi) is 4.28. The molecule has 2 rings (SSSR count). The van der Waals surface area contributed by atoms with Gasteiger partial charge in [0.2, 0.25) is 10.0 Å². The van der Waals surface area contributed by atoms with Crippen LogP contribution in [0.5, 0.6) is 0 Å². The third-order valence-electron chi connectivity index (χ3n) is 3.08. The predicted molar refractivity (Wildman–Crippen MR) is 84.5 cm³/mol. The normalized spacial score (nSPS) is 12.1. The number of hydrogen-bond donors (Lipinski definition) is 2. The summed E-state index contributed by atoms with van der Waals surface area (Å²) in [6, 6.07) is 10.5. The number of primary sulfonamides is 1. The first-order chi connectivity index (χ1) is 10.1. The molecule has 0 aromatic heterocycles. The topological polar surface area (TPSA) is 106 Å². The molecule has 0 atom stereocenters. The largest absolute Gasteiger partial charge is 0.280 e. The summed E-state index contributed by atoms with van der Waals surface area (Å²) >= 11 is 0. The molecule has 0 unspecified atom stereocenters. The van der Waals surface area contributed by atoms with Crippen molar-refractivity contribution in [1.29, 1.82) is 0 Å². The molecule has 2 aromatic rings. The number of nitrogens with one attached hydrogen (secondary N) is 1. The Morgan fingerprint density at radius 1 is 0.909 bits per heavy atom. The molecule has 0 radical (unpaired) electrons. The van der Waals surface area contributed by atoms with Gasteiger partial charge in [0, 0.05) is 0 Å². The second-order valence-electron chi connectivity index (χ2n) is 4.94. The molecule has 8 heteroatoms. The molecule has 0 spiro atoms. The van der Waals surface area contributed by atoms with Crippen LogP contribution in [0.3, 0.4) is 0 Å². The average molecular weight is 340 g/mol. The van der Waals surface area contributed by atoms with Crippen LogP contribution in [0, 0.1) is 13.8 Å². The lowest BCUT2D eigenvalue weighted by Crippen LogP contribution is -2.16. The summed E-state index contributed by atoms with van der Waals surface area (Å²) in [5, 5.41) is 5.11. The molecule has 0 bridgehead atoms. The van der Waals surface area contributed by atoms with Gasteiger partial charge in [0.05, 0.1) is 15.5 Å². The lowest BCUT2D eigenvalue weighted by molar-refractivity contribution is 0.596. The van der Waals surface area contributed by atoms with E-state index in [2.05, 4.69) is 4.72 Å². The minimum Gasteiger partial charge on any atom is -0.280 e. The van der Waals surface area contributed by atoms with E-state index in [-0.39, 0.29) is 15.5 Å². The van der Waals surface area contributed by atoms with Crippen LogP contribution in [0.4, 0.5) is 5.69 Å². The van der Waals surface area contributed by atoms with Gasteiger partial charge in [-0.05, 0) is 43.7 Å². The van der Waals surface area contributed by atoms with Crippen molar-refractivity contribution in [3.8, 4) is 0 Å². The minimum atomic E-state index is -3.92. The Bertz CT molecular complexity index is 902. The van der Waals surface area contributed by atoms with Crippen molar-refractivity contribution in [2.75, 3.05) is 4.72 Å². The van der Waals surface area contributed by atoms with Crippen LogP contribution >= 0.6 is 0 Å². The molecule has 0 aliphatic heterocycles. The molecule has 0 amide bonds. The highest BCUT2D eigenvalue weighted by molar-refractivity contribution is 7.92. The van der Waals surface area contributed by atoms with Crippen molar-refractivity contribution in [1.82, 2.24) is 0 Å². The number of aryl methyl sites for hydroxylation is 2. The Labute approximate surface area is 130 Å². The maximum absolute atomic E-state index is 12.3. The number of hydrogen-bond acceptors (Lipinski definition) is 4. The van der Waals surface area contributed by atoms with Gasteiger partial charge in [0.25, 0.3) is 10.0 Å². The van der Waals surface area contributed by atoms with Gasteiger partial charge in [-0.3, -0.25) is 4.72 Å². The van der Waals surface area contributed by atoms with E-state index in [1.54, 1.807) is 19.1 Å². The molecule has 0 heterocycles. The minimum absolute atomic E-state index is 0.0934. The molecular weight excluding hydrogens is 324 g/mol. The highest BCUT2D eigenvalue weighted by atomic mass is 32.2. The zero-order chi connectivity index (χ0) is 16.5. The van der Waals surface area contributed by atoms with E-state index in [4.69, 9.17) is 5.14 Å². The van der Waals surface area contributed by atoms with Crippen LogP contribution in [0.2, 0.25) is 0 Å². The third kappa shape index (κ3) is 3.65. The molecule has 0 aliphatic carbocycles. The van der Waals surface area contributed by atoms with Crippen molar-refractivity contribution in [3.05, 3.63) is 53.6 Å². The van der Waals surface area contributed by atoms with Crippen LogP contribution in [0.1, 0.15) is 11.1 Å². The molecule has 118 valence electrons. The number of anilines is 1. The van der Waals surface area contributed by atoms with Gasteiger partial charge < -0.3 is 0 Å². The molecule has 0 saturated carbocycles. The highest BCUT2D eigenvalue weighted by Gasteiger charge is 2.17. The van der Waals surface area contributed by atoms with E-state index in [1.165, 1.54) is 30.3 Å². The number of rotatable bonds is 4. The number of benzene rings is 2. The molecular formula is C14H16N2O4S2. The Balaban J connectivity index is 2.40. The van der Waals surface area contributed by atoms with E-state index in [0.29, 0.717) is 5.56 Å². The first-order valence-corrected chi connectivity index (χ1v) is 9.35. The van der Waals surface area contributed by atoms with E-state index < -0.39 is 20.0 Å². The SMILES string of the molecule is Cc1ccc(S(=O)(=O)Nc2ccc(C)c(S(N)(=O)=O)c2)cc1. The summed E-state index contributed by atoms with van der Waals surface area (Å²) in [6.07, 6.45) is 0. The van der Waals surface area contributed by atoms with Crippen LogP contribution in [0.15, 0.2) is 52.3 Å². The highest BCUT2D eigenvalue weighted by Crippen LogP contribution is 2.22. The molecule has 0 fully saturated rings. The van der Waals surface area contributed by atoms with E-state index in [9.17, 15) is 16.8 Å². The second-order valence-corrected chi connectivity index (χ2v) is 8.16. The van der Waals surface area contributed by atoms with Gasteiger partial charge in [-0.2, -0.15) is 0 Å². The van der Waals surface area contributed by atoms with E-state index >= 15 is 0 Å². The first-order valence-electron chi connectivity index (χ1n) is 6.32. The maximum Gasteiger partial charge on any atom is 0.261 e. The van der Waals surface area contributed by atoms with Gasteiger partial charge in [-0.25, -0.2) is 22.0 Å². The van der Waals surface area contributed by atoms with Gasteiger partial charge >= 0.3 is 0 Å². The standard InChI is InChI=1S/C14H16N2O4S2/c1-10-3-7-13(8-4-10)22(19,20)16-12-6-5-11(2)14(9-12)21(15,17)18/h3-9,16H,1-2H3,(H2,15,17,18). The van der Waals surface area contributed by atoms with Crippen LogP contribution in [-0.2, 0) is 20.0 Å². The summed E-state index contributed by atoms with van der Waals surface area (Å²) in [5.41, 5.74) is 1.52. The summed E-state index contributed by atoms with van der Waals surface area (Å²) < 4.78 is 49.8. The second kappa shape index (κ2) is 5.71. The molecule has 22 heavy (non-hydrogen) atoms. The fraction of sp³-hybridized carbons (Fsp3) is 0.143. The zero-order valence-corrected chi connectivity index (χ0v) is 13.7. The summed E-state index contributed by atoms with van der Waals surface area (Å²) in [4.78, 5) is -0.0209. The van der Waals surface area contributed by atoms with E-state index in [0.717, 1.165) is 5.56 Å². The molecule has 6 nitrogen and oxygen atoms in total. The van der Waals surface area contributed by atoms with Crippen molar-refractivity contribution in [2.45, 2.75) is 23.6 Å². The fourth-order valence-corrected chi connectivity index (χ4v) is 3.76. The molecule has 0 saturated heterocycles. The maximum atomic E-state index is 12.3. The Morgan fingerprint density at radius 2 is 1.50 bits per heavy atom. The lowest BCUT2D eigenvalue weighted by Gasteiger charge is -2.11. The quantitative estimate of drug-likeness (QED) is 0.884. The summed E-state index contributed by atoms with van der Waals surface area (Å²) in [6.45, 7) is 3.43. The smallest absolute Gasteiger partial charge is 0.261 e. The Morgan fingerprint density at radius 3 is 2.05 bits per heavy atom. The summed E-state index contributed by atoms with van der Waals surface area (Å²) in [5.74, 6) is 0. The third-order valence-corrected chi connectivity index (χ3v) is 5.53. The lowest BCUT2D eigenvalue weighted by atomic mass is 10.2. The van der Waals surface area contributed by atoms with Gasteiger partial charge in [-0.15, -0.1) is 0 Å². The monoisotopic (exact) mass is 340 g/mol. The van der Waals surface area contributed by atoms with Gasteiger partial charge in [0.15, 0.2) is 0 Å². The van der Waals surface area contributed by atoms with Crippen molar-refractivity contribution < 1.29 is 16.8 Å². The number of sulfonamides is 2. The van der Waals surface area contributed by atoms with Crippen molar-refractivity contribution >= 4 is 25.7 Å². The van der Waals surface area contributed by atoms with Crippen molar-refractivity contribution in [2.24, 2.45) is 5.14 Å². The van der Waals surface area contributed by atoms with Crippen LogP contribution in [0.25, 0.3) is 0 Å². The van der Waals surface area contributed by atoms with Gasteiger partial charge in [-0.1, -0.05) is 23.8 Å².